The van der Waals surface area contributed by atoms with Crippen LogP contribution in [0, 0.1) is 0 Å². The number of unbranched alkanes of at least 4 members (excludes halogenated alkanes) is 1. The smallest absolute Gasteiger partial charge is 0.356 e. The van der Waals surface area contributed by atoms with Gasteiger partial charge in [-0.15, -0.1) is 0 Å². The molecule has 0 aliphatic rings. The van der Waals surface area contributed by atoms with Crippen LogP contribution in [0.3, 0.4) is 0 Å². The highest BCUT2D eigenvalue weighted by atomic mass is 32.1. The van der Waals surface area contributed by atoms with Crippen LogP contribution in [0.4, 0.5) is 13.2 Å². The number of nitrogens with zero attached hydrogens (tertiary/aromatic N) is 2. The van der Waals surface area contributed by atoms with Crippen molar-refractivity contribution < 1.29 is 13.2 Å². The van der Waals surface area contributed by atoms with Gasteiger partial charge in [0.25, 0.3) is 0 Å². The number of nitrogens with one attached hydrogen (secondary N) is 1. The highest BCUT2D eigenvalue weighted by Crippen LogP contribution is 2.21. The molecule has 1 aromatic heterocycles. The molecule has 1 aromatic rings. The lowest BCUT2D eigenvalue weighted by Gasteiger charge is -2.21. The number of halogens is 3. The average Bonchev–Trinajstić information content (AvgIpc) is 2.85. The van der Waals surface area contributed by atoms with Gasteiger partial charge in [0.2, 0.25) is 0 Å². The molecule has 0 saturated carbocycles. The van der Waals surface area contributed by atoms with Crippen LogP contribution in [0.1, 0.15) is 24.8 Å². The molecule has 1 heterocycles. The maximum atomic E-state index is 12.0. The largest absolute Gasteiger partial charge is 0.389 e. The first-order valence-electron chi connectivity index (χ1n) is 6.42. The number of hydrogen-bond donors (Lipinski definition) is 1. The Kier molecular flexibility index (Phi) is 6.84. The Hall–Kier alpha value is -1.24. The van der Waals surface area contributed by atoms with Crippen LogP contribution in [-0.2, 0) is 6.54 Å². The zero-order chi connectivity index (χ0) is 15.0. The van der Waals surface area contributed by atoms with E-state index < -0.39 is 12.6 Å². The summed E-state index contributed by atoms with van der Waals surface area (Å²) in [5, 5.41) is 7.15. The Bertz CT molecular complexity index is 401. The summed E-state index contributed by atoms with van der Waals surface area (Å²) in [6, 6.07) is 2.04. The van der Waals surface area contributed by atoms with Gasteiger partial charge in [0.15, 0.2) is 5.96 Å². The van der Waals surface area contributed by atoms with E-state index in [9.17, 15) is 13.2 Å². The van der Waals surface area contributed by atoms with Crippen LogP contribution in [0.5, 0.6) is 0 Å². The Labute approximate surface area is 121 Å². The van der Waals surface area contributed by atoms with E-state index in [0.717, 1.165) is 6.54 Å². The lowest BCUT2D eigenvalue weighted by molar-refractivity contribution is -0.135. The first-order valence-corrected chi connectivity index (χ1v) is 7.36. The third kappa shape index (κ3) is 6.79. The van der Waals surface area contributed by atoms with Crippen LogP contribution in [0.25, 0.3) is 0 Å². The lowest BCUT2D eigenvalue weighted by atomic mass is 10.2. The van der Waals surface area contributed by atoms with Gasteiger partial charge in [-0.2, -0.15) is 24.5 Å². The van der Waals surface area contributed by atoms with Crippen LogP contribution < -0.4 is 5.32 Å². The molecular weight excluding hydrogens is 287 g/mol. The van der Waals surface area contributed by atoms with Crippen LogP contribution in [0.2, 0.25) is 0 Å². The van der Waals surface area contributed by atoms with Gasteiger partial charge >= 0.3 is 6.18 Å². The Morgan fingerprint density at radius 2 is 2.15 bits per heavy atom. The van der Waals surface area contributed by atoms with Gasteiger partial charge in [-0.3, -0.25) is 4.99 Å². The highest BCUT2D eigenvalue weighted by molar-refractivity contribution is 7.07. The van der Waals surface area contributed by atoms with E-state index in [4.69, 9.17) is 0 Å². The van der Waals surface area contributed by atoms with Crippen LogP contribution >= 0.6 is 11.3 Å². The molecular formula is C13H20F3N3S. The number of aliphatic imine (C=N–C) groups is 1. The van der Waals surface area contributed by atoms with Gasteiger partial charge in [0.1, 0.15) is 0 Å². The van der Waals surface area contributed by atoms with Gasteiger partial charge < -0.3 is 10.2 Å². The molecule has 1 N–H and O–H groups in total. The topological polar surface area (TPSA) is 27.6 Å². The minimum Gasteiger partial charge on any atom is -0.356 e. The van der Waals surface area contributed by atoms with Crippen molar-refractivity contribution in [3.05, 3.63) is 22.4 Å². The summed E-state index contributed by atoms with van der Waals surface area (Å²) in [4.78, 5) is 6.08. The van der Waals surface area contributed by atoms with Crippen LogP contribution in [-0.4, -0.2) is 37.7 Å². The second kappa shape index (κ2) is 8.14. The summed E-state index contributed by atoms with van der Waals surface area (Å²) >= 11 is 1.63. The Balaban J connectivity index is 2.26. The second-order valence-corrected chi connectivity index (χ2v) is 5.31. The second-order valence-electron chi connectivity index (χ2n) is 4.53. The molecule has 114 valence electrons. The molecule has 1 rings (SSSR count). The third-order valence-corrected chi connectivity index (χ3v) is 3.48. The van der Waals surface area contributed by atoms with E-state index in [-0.39, 0.29) is 6.42 Å². The van der Waals surface area contributed by atoms with Gasteiger partial charge in [-0.1, -0.05) is 0 Å². The van der Waals surface area contributed by atoms with Crippen molar-refractivity contribution in [2.75, 3.05) is 20.6 Å². The molecule has 3 nitrogen and oxygen atoms in total. The molecule has 0 fully saturated rings. The van der Waals surface area contributed by atoms with E-state index in [1.165, 1.54) is 5.56 Å². The van der Waals surface area contributed by atoms with Crippen molar-refractivity contribution in [3.8, 4) is 0 Å². The lowest BCUT2D eigenvalue weighted by Crippen LogP contribution is -2.38. The summed E-state index contributed by atoms with van der Waals surface area (Å²) in [5.41, 5.74) is 1.19. The zero-order valence-electron chi connectivity index (χ0n) is 11.7. The predicted molar refractivity (Wildman–Crippen MR) is 77.1 cm³/mol. The number of rotatable bonds is 6. The number of thiophene rings is 1. The summed E-state index contributed by atoms with van der Waals surface area (Å²) in [5.74, 6) is 0.697. The quantitative estimate of drug-likeness (QED) is 0.495. The molecule has 0 amide bonds. The first kappa shape index (κ1) is 16.8. The van der Waals surface area contributed by atoms with E-state index in [2.05, 4.69) is 15.7 Å². The number of alkyl halides is 3. The summed E-state index contributed by atoms with van der Waals surface area (Å²) in [6.45, 7) is 1.22. The first-order chi connectivity index (χ1) is 9.42. The predicted octanol–water partition coefficient (Wildman–Crippen LogP) is 3.49. The van der Waals surface area contributed by atoms with Gasteiger partial charge in [0, 0.05) is 33.6 Å². The van der Waals surface area contributed by atoms with Crippen molar-refractivity contribution in [1.29, 1.82) is 0 Å². The molecule has 0 atom stereocenters. The molecule has 0 spiro atoms. The Morgan fingerprint density at radius 3 is 2.70 bits per heavy atom. The van der Waals surface area contributed by atoms with E-state index in [0.29, 0.717) is 18.9 Å². The van der Waals surface area contributed by atoms with E-state index in [1.54, 1.807) is 18.4 Å². The molecule has 0 saturated heterocycles. The average molecular weight is 307 g/mol. The summed E-state index contributed by atoms with van der Waals surface area (Å²) in [6.07, 6.45) is -4.16. The van der Waals surface area contributed by atoms with Gasteiger partial charge in [-0.25, -0.2) is 0 Å². The van der Waals surface area contributed by atoms with Crippen molar-refractivity contribution >= 4 is 17.3 Å². The van der Waals surface area contributed by atoms with Crippen LogP contribution in [0.15, 0.2) is 21.8 Å². The van der Waals surface area contributed by atoms with E-state index >= 15 is 0 Å². The molecule has 0 aliphatic heterocycles. The van der Waals surface area contributed by atoms with E-state index in [1.807, 2.05) is 23.4 Å². The zero-order valence-corrected chi connectivity index (χ0v) is 12.5. The molecule has 0 unspecified atom stereocenters. The van der Waals surface area contributed by atoms with Crippen molar-refractivity contribution in [1.82, 2.24) is 10.2 Å². The highest BCUT2D eigenvalue weighted by Gasteiger charge is 2.25. The normalized spacial score (nSPS) is 12.6. The van der Waals surface area contributed by atoms with Crippen molar-refractivity contribution in [3.63, 3.8) is 0 Å². The fourth-order valence-corrected chi connectivity index (χ4v) is 2.43. The number of guanidine groups is 1. The fraction of sp³-hybridized carbons (Fsp3) is 0.615. The van der Waals surface area contributed by atoms with Gasteiger partial charge in [-0.05, 0) is 35.2 Å². The monoisotopic (exact) mass is 307 g/mol. The maximum Gasteiger partial charge on any atom is 0.389 e. The molecule has 0 aromatic carbocycles. The number of hydrogen-bond acceptors (Lipinski definition) is 2. The third-order valence-electron chi connectivity index (χ3n) is 2.74. The standard InChI is InChI=1S/C13H20F3N3S/c1-17-12(18-7-4-3-6-13(14,15)16)19(2)9-11-5-8-20-10-11/h5,8,10H,3-4,6-7,9H2,1-2H3,(H,17,18). The minimum absolute atomic E-state index is 0.141. The molecule has 0 radical (unpaired) electrons. The summed E-state index contributed by atoms with van der Waals surface area (Å²) < 4.78 is 36.0. The molecule has 7 heteroatoms. The molecule has 0 bridgehead atoms. The Morgan fingerprint density at radius 1 is 1.40 bits per heavy atom. The van der Waals surface area contributed by atoms with Gasteiger partial charge in [0.05, 0.1) is 0 Å². The minimum atomic E-state index is -4.06. The molecule has 0 aliphatic carbocycles. The summed E-state index contributed by atoms with van der Waals surface area (Å²) in [7, 11) is 3.57. The van der Waals surface area contributed by atoms with Crippen molar-refractivity contribution in [2.45, 2.75) is 32.0 Å². The van der Waals surface area contributed by atoms with Crippen molar-refractivity contribution in [2.24, 2.45) is 4.99 Å². The maximum absolute atomic E-state index is 12.0. The molecule has 20 heavy (non-hydrogen) atoms. The fourth-order valence-electron chi connectivity index (χ4n) is 1.77. The SMILES string of the molecule is CN=C(NCCCCC(F)(F)F)N(C)Cc1ccsc1.